The van der Waals surface area contributed by atoms with E-state index >= 15 is 0 Å². The molecule has 3 nitrogen and oxygen atoms in total. The molecule has 0 fully saturated rings. The summed E-state index contributed by atoms with van der Waals surface area (Å²) in [6, 6.07) is 7.70. The van der Waals surface area contributed by atoms with Gasteiger partial charge in [0.2, 0.25) is 0 Å². The predicted octanol–water partition coefficient (Wildman–Crippen LogP) is 0.802. The first kappa shape index (κ1) is 7.49. The minimum absolute atomic E-state index is 0. The second-order valence-electron chi connectivity index (χ2n) is 1.81. The molecular weight excluding hydrogens is 138 g/mol. The molecule has 2 aromatic rings. The van der Waals surface area contributed by atoms with Crippen molar-refractivity contribution in [2.45, 2.75) is 0 Å². The van der Waals surface area contributed by atoms with E-state index < -0.39 is 0 Å². The molecule has 0 atom stereocenters. The number of nitrogens with one attached hydrogen (secondary N) is 1. The van der Waals surface area contributed by atoms with Gasteiger partial charge in [-0.15, -0.1) is 0 Å². The molecule has 0 aliphatic heterocycles. The molecule has 0 radical (unpaired) electrons. The summed E-state index contributed by atoms with van der Waals surface area (Å²) in [5, 5.41) is 10.3. The summed E-state index contributed by atoms with van der Waals surface area (Å²) >= 11 is 0. The standard InChI is InChI=1S/C6H5N3.Mg.2H/c1-2-4-6-5(3-1)7-9-8-6;;;/h1-4H,(H,7,8,9);;;/q;+2;2*-1. The monoisotopic (exact) mass is 145 g/mol. The van der Waals surface area contributed by atoms with E-state index in [0.717, 1.165) is 11.0 Å². The van der Waals surface area contributed by atoms with Gasteiger partial charge in [0, 0.05) is 0 Å². The summed E-state index contributed by atoms with van der Waals surface area (Å²) in [6.45, 7) is 0. The van der Waals surface area contributed by atoms with E-state index in [0.29, 0.717) is 0 Å². The average molecular weight is 145 g/mol. The first-order chi connectivity index (χ1) is 4.47. The van der Waals surface area contributed by atoms with Gasteiger partial charge in [-0.05, 0) is 12.1 Å². The third kappa shape index (κ3) is 1.12. The normalized spacial score (nSPS) is 9.20. The maximum absolute atomic E-state index is 3.88. The molecule has 1 heterocycles. The Morgan fingerprint density at radius 1 is 1.10 bits per heavy atom. The molecule has 0 unspecified atom stereocenters. The SMILES string of the molecule is [H-].[H-].[Mg+2].c1ccc2n[nH]nc2c1. The second kappa shape index (κ2) is 2.98. The van der Waals surface area contributed by atoms with Crippen molar-refractivity contribution < 1.29 is 2.85 Å². The Morgan fingerprint density at radius 2 is 1.60 bits per heavy atom. The maximum atomic E-state index is 3.88. The summed E-state index contributed by atoms with van der Waals surface area (Å²) in [6.07, 6.45) is 0. The van der Waals surface area contributed by atoms with Crippen LogP contribution in [0.15, 0.2) is 24.3 Å². The molecule has 1 N–H and O–H groups in total. The Labute approximate surface area is 76.9 Å². The molecule has 0 aliphatic rings. The van der Waals surface area contributed by atoms with Gasteiger partial charge in [0.15, 0.2) is 0 Å². The van der Waals surface area contributed by atoms with Crippen molar-refractivity contribution in [2.75, 3.05) is 0 Å². The van der Waals surface area contributed by atoms with Crippen LogP contribution in [0.1, 0.15) is 2.85 Å². The first-order valence-corrected chi connectivity index (χ1v) is 2.72. The van der Waals surface area contributed by atoms with E-state index in [2.05, 4.69) is 15.4 Å². The first-order valence-electron chi connectivity index (χ1n) is 2.72. The number of aromatic nitrogens is 3. The maximum Gasteiger partial charge on any atom is 2.00 e. The Kier molecular flexibility index (Phi) is 2.23. The number of hydrogen-bond donors (Lipinski definition) is 1. The number of rotatable bonds is 0. The number of H-pyrrole nitrogens is 1. The number of para-hydroxylation sites is 2. The Hall–Kier alpha value is -0.614. The van der Waals surface area contributed by atoms with Gasteiger partial charge in [0.25, 0.3) is 0 Å². The van der Waals surface area contributed by atoms with E-state index in [9.17, 15) is 0 Å². The molecule has 0 saturated heterocycles. The van der Waals surface area contributed by atoms with Crippen LogP contribution in [0.25, 0.3) is 11.0 Å². The van der Waals surface area contributed by atoms with Crippen molar-refractivity contribution in [2.24, 2.45) is 0 Å². The molecule has 48 valence electrons. The molecule has 0 saturated carbocycles. The number of aromatic amines is 1. The van der Waals surface area contributed by atoms with Crippen LogP contribution in [0.5, 0.6) is 0 Å². The van der Waals surface area contributed by atoms with Crippen LogP contribution < -0.4 is 0 Å². The molecule has 10 heavy (non-hydrogen) atoms. The quantitative estimate of drug-likeness (QED) is 0.557. The third-order valence-corrected chi connectivity index (χ3v) is 1.22. The van der Waals surface area contributed by atoms with Crippen LogP contribution in [0.4, 0.5) is 0 Å². The van der Waals surface area contributed by atoms with Gasteiger partial charge in [0.05, 0.1) is 0 Å². The van der Waals surface area contributed by atoms with Crippen molar-refractivity contribution in [3.63, 3.8) is 0 Å². The zero-order chi connectivity index (χ0) is 6.10. The van der Waals surface area contributed by atoms with Crippen molar-refractivity contribution in [1.29, 1.82) is 0 Å². The van der Waals surface area contributed by atoms with Gasteiger partial charge in [-0.25, -0.2) is 0 Å². The van der Waals surface area contributed by atoms with Gasteiger partial charge in [-0.1, -0.05) is 12.1 Å². The minimum Gasteiger partial charge on any atom is -1.00 e. The Morgan fingerprint density at radius 3 is 2.10 bits per heavy atom. The van der Waals surface area contributed by atoms with Crippen molar-refractivity contribution >= 4 is 34.1 Å². The average Bonchev–Trinajstić information content (AvgIpc) is 2.33. The summed E-state index contributed by atoms with van der Waals surface area (Å²) in [5.74, 6) is 0. The van der Waals surface area contributed by atoms with E-state index in [1.165, 1.54) is 0 Å². The number of nitrogens with zero attached hydrogens (tertiary/aromatic N) is 2. The topological polar surface area (TPSA) is 41.6 Å². The Bertz CT molecular complexity index is 295. The fraction of sp³-hybridized carbons (Fsp3) is 0. The van der Waals surface area contributed by atoms with Crippen molar-refractivity contribution in [3.05, 3.63) is 24.3 Å². The van der Waals surface area contributed by atoms with Crippen molar-refractivity contribution in [3.8, 4) is 0 Å². The van der Waals surface area contributed by atoms with E-state index in [4.69, 9.17) is 0 Å². The van der Waals surface area contributed by atoms with Crippen LogP contribution in [-0.4, -0.2) is 38.5 Å². The smallest absolute Gasteiger partial charge is 1.00 e. The molecule has 4 heteroatoms. The van der Waals surface area contributed by atoms with Gasteiger partial charge >= 0.3 is 23.1 Å². The molecule has 1 aromatic heterocycles. The van der Waals surface area contributed by atoms with Crippen LogP contribution in [0, 0.1) is 0 Å². The summed E-state index contributed by atoms with van der Waals surface area (Å²) in [5.41, 5.74) is 1.83. The van der Waals surface area contributed by atoms with Gasteiger partial charge < -0.3 is 2.85 Å². The number of benzene rings is 1. The minimum atomic E-state index is 0. The van der Waals surface area contributed by atoms with Crippen LogP contribution >= 0.6 is 0 Å². The zero-order valence-electron chi connectivity index (χ0n) is 7.41. The summed E-state index contributed by atoms with van der Waals surface area (Å²) in [7, 11) is 0. The zero-order valence-corrected chi connectivity index (χ0v) is 6.83. The molecule has 1 aromatic carbocycles. The predicted molar refractivity (Wildman–Crippen MR) is 41.9 cm³/mol. The summed E-state index contributed by atoms with van der Waals surface area (Å²) in [4.78, 5) is 0. The van der Waals surface area contributed by atoms with E-state index in [1.807, 2.05) is 24.3 Å². The van der Waals surface area contributed by atoms with Crippen LogP contribution in [0.2, 0.25) is 0 Å². The summed E-state index contributed by atoms with van der Waals surface area (Å²) < 4.78 is 0. The van der Waals surface area contributed by atoms with Crippen LogP contribution in [-0.2, 0) is 0 Å². The molecule has 2 rings (SSSR count). The Balaban J connectivity index is 0. The van der Waals surface area contributed by atoms with E-state index in [-0.39, 0.29) is 25.9 Å². The second-order valence-corrected chi connectivity index (χ2v) is 1.81. The fourth-order valence-corrected chi connectivity index (χ4v) is 0.786. The van der Waals surface area contributed by atoms with Gasteiger partial charge in [0.1, 0.15) is 11.0 Å². The molecular formula is C6H7MgN3. The molecule has 0 amide bonds. The molecule has 0 bridgehead atoms. The van der Waals surface area contributed by atoms with Gasteiger partial charge in [-0.3, -0.25) is 0 Å². The third-order valence-electron chi connectivity index (χ3n) is 1.22. The number of hydrogen-bond acceptors (Lipinski definition) is 2. The fourth-order valence-electron chi connectivity index (χ4n) is 0.786. The van der Waals surface area contributed by atoms with Crippen molar-refractivity contribution in [1.82, 2.24) is 15.4 Å². The van der Waals surface area contributed by atoms with Gasteiger partial charge in [-0.2, -0.15) is 15.4 Å². The number of fused-ring (bicyclic) bond motifs is 1. The largest absolute Gasteiger partial charge is 2.00 e. The molecule has 0 spiro atoms. The van der Waals surface area contributed by atoms with Crippen LogP contribution in [0.3, 0.4) is 0 Å². The van der Waals surface area contributed by atoms with E-state index in [1.54, 1.807) is 0 Å². The molecule has 0 aliphatic carbocycles.